The largest absolute Gasteiger partial charge is 0.433 e. The highest BCUT2D eigenvalue weighted by atomic mass is 19.4. The van der Waals surface area contributed by atoms with Gasteiger partial charge in [-0.05, 0) is 23.8 Å². The van der Waals surface area contributed by atoms with Crippen molar-refractivity contribution in [3.05, 3.63) is 64.0 Å². The Kier molecular flexibility index (Phi) is 4.97. The minimum Gasteiger partial charge on any atom is -0.410 e. The number of halogens is 3. The maximum absolute atomic E-state index is 12.4. The average Bonchev–Trinajstić information content (AvgIpc) is 2.53. The summed E-state index contributed by atoms with van der Waals surface area (Å²) >= 11 is 0. The second kappa shape index (κ2) is 6.94. The summed E-state index contributed by atoms with van der Waals surface area (Å²) in [5.74, 6) is 0.0867. The molecule has 1 N–H and O–H groups in total. The zero-order chi connectivity index (χ0) is 17.7. The molecule has 10 heteroatoms. The van der Waals surface area contributed by atoms with Gasteiger partial charge in [0.2, 0.25) is 0 Å². The number of hydrogen-bond donors (Lipinski definition) is 1. The highest BCUT2D eigenvalue weighted by Crippen LogP contribution is 2.27. The van der Waals surface area contributed by atoms with E-state index < -0.39 is 22.9 Å². The number of nitro groups is 1. The van der Waals surface area contributed by atoms with Crippen LogP contribution in [-0.4, -0.2) is 16.0 Å². The van der Waals surface area contributed by atoms with Crippen LogP contribution >= 0.6 is 0 Å². The van der Waals surface area contributed by atoms with Crippen LogP contribution in [0.25, 0.3) is 0 Å². The number of ether oxygens (including phenoxy) is 1. The van der Waals surface area contributed by atoms with Crippen molar-refractivity contribution in [3.8, 4) is 5.75 Å². The van der Waals surface area contributed by atoms with Gasteiger partial charge in [-0.2, -0.15) is 13.2 Å². The Morgan fingerprint density at radius 1 is 1.21 bits per heavy atom. The smallest absolute Gasteiger partial charge is 0.410 e. The van der Waals surface area contributed by atoms with Gasteiger partial charge >= 0.3 is 12.3 Å². The van der Waals surface area contributed by atoms with Gasteiger partial charge in [-0.3, -0.25) is 15.1 Å². The van der Waals surface area contributed by atoms with Crippen LogP contribution in [-0.2, 0) is 12.7 Å². The molecule has 0 aliphatic heterocycles. The van der Waals surface area contributed by atoms with Crippen LogP contribution in [0.5, 0.6) is 5.75 Å². The molecule has 126 valence electrons. The minimum absolute atomic E-state index is 0.0864. The number of nitrogens with zero attached hydrogens (tertiary/aromatic N) is 2. The van der Waals surface area contributed by atoms with E-state index >= 15 is 0 Å². The molecular formula is C14H10F3N3O4. The van der Waals surface area contributed by atoms with E-state index in [1.165, 1.54) is 30.3 Å². The maximum Gasteiger partial charge on any atom is 0.433 e. The topological polar surface area (TPSA) is 94.4 Å². The molecule has 2 rings (SSSR count). The predicted octanol–water partition coefficient (Wildman–Crippen LogP) is 3.30. The number of nitro benzene ring substituents is 1. The Morgan fingerprint density at radius 3 is 2.38 bits per heavy atom. The fourth-order valence-corrected chi connectivity index (χ4v) is 1.65. The predicted molar refractivity (Wildman–Crippen MR) is 75.2 cm³/mol. The third-order valence-corrected chi connectivity index (χ3v) is 2.81. The lowest BCUT2D eigenvalue weighted by Crippen LogP contribution is -2.26. The second-order valence-corrected chi connectivity index (χ2v) is 4.54. The first-order valence-corrected chi connectivity index (χ1v) is 6.48. The summed E-state index contributed by atoms with van der Waals surface area (Å²) in [6, 6.07) is 6.82. The molecule has 0 saturated heterocycles. The lowest BCUT2D eigenvalue weighted by molar-refractivity contribution is -0.384. The van der Waals surface area contributed by atoms with E-state index in [0.29, 0.717) is 5.56 Å². The number of hydrogen-bond acceptors (Lipinski definition) is 5. The molecule has 0 aliphatic carbocycles. The van der Waals surface area contributed by atoms with Gasteiger partial charge in [0.15, 0.2) is 0 Å². The van der Waals surface area contributed by atoms with Crippen LogP contribution in [0.2, 0.25) is 0 Å². The summed E-state index contributed by atoms with van der Waals surface area (Å²) < 4.78 is 42.0. The monoisotopic (exact) mass is 341 g/mol. The van der Waals surface area contributed by atoms with Crippen molar-refractivity contribution in [2.75, 3.05) is 0 Å². The summed E-state index contributed by atoms with van der Waals surface area (Å²) in [7, 11) is 0. The van der Waals surface area contributed by atoms with Gasteiger partial charge in [0.1, 0.15) is 11.4 Å². The summed E-state index contributed by atoms with van der Waals surface area (Å²) in [6.07, 6.45) is -4.39. The van der Waals surface area contributed by atoms with Crippen molar-refractivity contribution >= 4 is 11.8 Å². The van der Waals surface area contributed by atoms with Gasteiger partial charge in [0, 0.05) is 24.9 Å². The second-order valence-electron chi connectivity index (χ2n) is 4.54. The normalized spacial score (nSPS) is 11.0. The molecule has 0 spiro atoms. The van der Waals surface area contributed by atoms with Gasteiger partial charge in [-0.15, -0.1) is 0 Å². The fraction of sp³-hybridized carbons (Fsp3) is 0.143. The van der Waals surface area contributed by atoms with E-state index in [1.807, 2.05) is 0 Å². The van der Waals surface area contributed by atoms with Gasteiger partial charge in [-0.1, -0.05) is 6.07 Å². The number of carbonyl (C=O) groups is 1. The summed E-state index contributed by atoms with van der Waals surface area (Å²) in [6.45, 7) is -0.0864. The Bertz CT molecular complexity index is 730. The van der Waals surface area contributed by atoms with Crippen LogP contribution in [0.4, 0.5) is 23.7 Å². The van der Waals surface area contributed by atoms with E-state index in [-0.39, 0.29) is 18.0 Å². The molecule has 0 atom stereocenters. The molecule has 1 heterocycles. The van der Waals surface area contributed by atoms with Gasteiger partial charge in [-0.25, -0.2) is 4.79 Å². The van der Waals surface area contributed by atoms with Crippen LogP contribution in [0.15, 0.2) is 42.6 Å². The maximum atomic E-state index is 12.4. The average molecular weight is 341 g/mol. The molecule has 0 fully saturated rings. The van der Waals surface area contributed by atoms with Crippen molar-refractivity contribution in [1.82, 2.24) is 10.3 Å². The first-order valence-electron chi connectivity index (χ1n) is 6.48. The Hall–Kier alpha value is -3.17. The standard InChI is InChI=1S/C14H10F3N3O4/c15-14(16,17)12-6-1-9(7-18-12)8-19-13(21)24-11-4-2-10(3-5-11)20(22)23/h1-7H,8H2,(H,19,21). The van der Waals surface area contributed by atoms with Gasteiger partial charge in [0.25, 0.3) is 5.69 Å². The quantitative estimate of drug-likeness (QED) is 0.680. The molecule has 0 bridgehead atoms. The molecular weight excluding hydrogens is 331 g/mol. The van der Waals surface area contributed by atoms with Crippen LogP contribution in [0.3, 0.4) is 0 Å². The zero-order valence-corrected chi connectivity index (χ0v) is 11.9. The summed E-state index contributed by atoms with van der Waals surface area (Å²) in [5.41, 5.74) is -0.832. The Morgan fingerprint density at radius 2 is 1.88 bits per heavy atom. The third-order valence-electron chi connectivity index (χ3n) is 2.81. The van der Waals surface area contributed by atoms with Crippen molar-refractivity contribution in [1.29, 1.82) is 0 Å². The lowest BCUT2D eigenvalue weighted by atomic mass is 10.2. The van der Waals surface area contributed by atoms with E-state index in [0.717, 1.165) is 12.3 Å². The number of carbonyl (C=O) groups excluding carboxylic acids is 1. The zero-order valence-electron chi connectivity index (χ0n) is 11.9. The third kappa shape index (κ3) is 4.66. The Balaban J connectivity index is 1.87. The highest BCUT2D eigenvalue weighted by Gasteiger charge is 2.31. The van der Waals surface area contributed by atoms with Crippen molar-refractivity contribution in [2.24, 2.45) is 0 Å². The first-order chi connectivity index (χ1) is 11.3. The Labute approximate surface area is 133 Å². The molecule has 0 unspecified atom stereocenters. The molecule has 24 heavy (non-hydrogen) atoms. The van der Waals surface area contributed by atoms with E-state index in [1.54, 1.807) is 0 Å². The van der Waals surface area contributed by atoms with Crippen molar-refractivity contribution in [3.63, 3.8) is 0 Å². The lowest BCUT2D eigenvalue weighted by Gasteiger charge is -2.08. The molecule has 1 aromatic carbocycles. The number of benzene rings is 1. The van der Waals surface area contributed by atoms with E-state index in [9.17, 15) is 28.1 Å². The van der Waals surface area contributed by atoms with Crippen LogP contribution in [0.1, 0.15) is 11.3 Å². The number of pyridine rings is 1. The SMILES string of the molecule is O=C(NCc1ccc(C(F)(F)F)nc1)Oc1ccc([N+](=O)[O-])cc1. The number of alkyl halides is 3. The number of aromatic nitrogens is 1. The van der Waals surface area contributed by atoms with E-state index in [2.05, 4.69) is 10.3 Å². The molecule has 0 radical (unpaired) electrons. The summed E-state index contributed by atoms with van der Waals surface area (Å²) in [4.78, 5) is 24.7. The van der Waals surface area contributed by atoms with Crippen LogP contribution in [0, 0.1) is 10.1 Å². The number of nitrogens with one attached hydrogen (secondary N) is 1. The molecule has 0 saturated carbocycles. The van der Waals surface area contributed by atoms with Crippen LogP contribution < -0.4 is 10.1 Å². The molecule has 7 nitrogen and oxygen atoms in total. The first kappa shape index (κ1) is 17.2. The van der Waals surface area contributed by atoms with Gasteiger partial charge in [0.05, 0.1) is 4.92 Å². The van der Waals surface area contributed by atoms with E-state index in [4.69, 9.17) is 4.74 Å². The number of non-ortho nitro benzene ring substituents is 1. The highest BCUT2D eigenvalue weighted by molar-refractivity contribution is 5.70. The van der Waals surface area contributed by atoms with Crippen molar-refractivity contribution in [2.45, 2.75) is 12.7 Å². The molecule has 0 aliphatic rings. The van der Waals surface area contributed by atoms with Crippen molar-refractivity contribution < 1.29 is 27.6 Å². The summed E-state index contributed by atoms with van der Waals surface area (Å²) in [5, 5.41) is 12.8. The molecule has 2 aromatic rings. The number of amides is 1. The van der Waals surface area contributed by atoms with Gasteiger partial charge < -0.3 is 10.1 Å². The number of rotatable bonds is 4. The molecule has 1 amide bonds. The minimum atomic E-state index is -4.53. The fourth-order valence-electron chi connectivity index (χ4n) is 1.65. The molecule has 1 aromatic heterocycles.